The Bertz CT molecular complexity index is 1550. The maximum atomic E-state index is 13.7. The maximum absolute atomic E-state index is 13.7. The first-order chi connectivity index (χ1) is 24.3. The van der Waals surface area contributed by atoms with Crippen LogP contribution in [-0.4, -0.2) is 77.3 Å². The molecule has 0 aromatic heterocycles. The summed E-state index contributed by atoms with van der Waals surface area (Å²) in [6.45, 7) is 9.04. The smallest absolute Gasteiger partial charge is 0.408 e. The number of amides is 3. The Kier molecular flexibility index (Phi) is 14.4. The zero-order chi connectivity index (χ0) is 37.0. The fraction of sp³-hybridized carbons (Fsp3) is 0.475. The molecule has 3 aromatic carbocycles. The van der Waals surface area contributed by atoms with Crippen LogP contribution in [0.25, 0.3) is 0 Å². The van der Waals surface area contributed by atoms with Crippen molar-refractivity contribution in [3.05, 3.63) is 107 Å². The van der Waals surface area contributed by atoms with E-state index in [0.717, 1.165) is 28.7 Å². The standard InChI is InChI=1S/C40H54N4O7/c1-26(2)36(44-38(48)50-35-21-20-29-18-12-13-19-30(29)35)37(47)42-31(22-27-14-8-6-9-15-27)33(45)24-41-25-34(46)32(23-28-16-10-7-11-17-28)43-39(49)51-40(3,4)5/h6-19,26,31-36,41,45-46H,20-25H2,1-5H3,(H,42,47)(H,43,49)(H,44,48)/t31?,32?,33?,34?,35?,36-/m0/s1. The van der Waals surface area contributed by atoms with Gasteiger partial charge in [0.05, 0.1) is 24.3 Å². The number of hydrogen-bond donors (Lipinski definition) is 6. The number of carbonyl (C=O) groups excluding carboxylic acids is 3. The summed E-state index contributed by atoms with van der Waals surface area (Å²) in [5.74, 6) is -0.714. The van der Waals surface area contributed by atoms with Crippen molar-refractivity contribution in [3.8, 4) is 0 Å². The second-order valence-corrected chi connectivity index (χ2v) is 14.5. The molecule has 6 atom stereocenters. The Balaban J connectivity index is 1.38. The van der Waals surface area contributed by atoms with Gasteiger partial charge in [0.25, 0.3) is 0 Å². The highest BCUT2D eigenvalue weighted by molar-refractivity contribution is 5.86. The lowest BCUT2D eigenvalue weighted by Gasteiger charge is -2.30. The van der Waals surface area contributed by atoms with Crippen LogP contribution >= 0.6 is 0 Å². The number of rotatable bonds is 16. The van der Waals surface area contributed by atoms with Crippen LogP contribution in [0, 0.1) is 5.92 Å². The van der Waals surface area contributed by atoms with E-state index in [2.05, 4.69) is 21.3 Å². The Morgan fingerprint density at radius 2 is 1.27 bits per heavy atom. The largest absolute Gasteiger partial charge is 0.444 e. The molecule has 0 radical (unpaired) electrons. The minimum Gasteiger partial charge on any atom is -0.444 e. The predicted octanol–water partition coefficient (Wildman–Crippen LogP) is 4.60. The molecule has 0 heterocycles. The first kappa shape index (κ1) is 39.3. The van der Waals surface area contributed by atoms with Crippen LogP contribution in [0.3, 0.4) is 0 Å². The molecular formula is C40H54N4O7. The first-order valence-corrected chi connectivity index (χ1v) is 17.8. The molecule has 0 spiro atoms. The fourth-order valence-electron chi connectivity index (χ4n) is 6.16. The molecule has 5 unspecified atom stereocenters. The van der Waals surface area contributed by atoms with Crippen LogP contribution in [-0.2, 0) is 33.5 Å². The quantitative estimate of drug-likeness (QED) is 0.127. The van der Waals surface area contributed by atoms with E-state index < -0.39 is 54.0 Å². The summed E-state index contributed by atoms with van der Waals surface area (Å²) < 4.78 is 11.2. The van der Waals surface area contributed by atoms with Gasteiger partial charge in [0.2, 0.25) is 5.91 Å². The highest BCUT2D eigenvalue weighted by Crippen LogP contribution is 2.33. The van der Waals surface area contributed by atoms with Crippen molar-refractivity contribution in [1.29, 1.82) is 0 Å². The average Bonchev–Trinajstić information content (AvgIpc) is 3.48. The van der Waals surface area contributed by atoms with Gasteiger partial charge < -0.3 is 41.0 Å². The van der Waals surface area contributed by atoms with Crippen LogP contribution in [0.15, 0.2) is 84.9 Å². The summed E-state index contributed by atoms with van der Waals surface area (Å²) in [7, 11) is 0. The van der Waals surface area contributed by atoms with E-state index in [4.69, 9.17) is 9.47 Å². The molecule has 3 amide bonds. The van der Waals surface area contributed by atoms with Crippen molar-refractivity contribution < 1.29 is 34.1 Å². The second-order valence-electron chi connectivity index (χ2n) is 14.5. The third-order valence-electron chi connectivity index (χ3n) is 8.81. The third kappa shape index (κ3) is 12.7. The summed E-state index contributed by atoms with van der Waals surface area (Å²) in [6.07, 6.45) is -1.60. The minimum atomic E-state index is -1.07. The third-order valence-corrected chi connectivity index (χ3v) is 8.81. The van der Waals surface area contributed by atoms with Crippen molar-refractivity contribution in [2.24, 2.45) is 5.92 Å². The number of aliphatic hydroxyl groups is 2. The zero-order valence-corrected chi connectivity index (χ0v) is 30.3. The Morgan fingerprint density at radius 1 is 0.745 bits per heavy atom. The van der Waals surface area contributed by atoms with Crippen molar-refractivity contribution in [1.82, 2.24) is 21.3 Å². The highest BCUT2D eigenvalue weighted by Gasteiger charge is 2.32. The fourth-order valence-corrected chi connectivity index (χ4v) is 6.16. The zero-order valence-electron chi connectivity index (χ0n) is 30.3. The van der Waals surface area contributed by atoms with Gasteiger partial charge in [-0.05, 0) is 74.6 Å². The lowest BCUT2D eigenvalue weighted by Crippen LogP contribution is -2.57. The first-order valence-electron chi connectivity index (χ1n) is 17.8. The molecule has 6 N–H and O–H groups in total. The molecule has 1 aliphatic carbocycles. The van der Waals surface area contributed by atoms with E-state index in [9.17, 15) is 24.6 Å². The van der Waals surface area contributed by atoms with Gasteiger partial charge in [-0.15, -0.1) is 0 Å². The number of fused-ring (bicyclic) bond motifs is 1. The van der Waals surface area contributed by atoms with Crippen LogP contribution < -0.4 is 21.3 Å². The van der Waals surface area contributed by atoms with Gasteiger partial charge in [0.15, 0.2) is 0 Å². The van der Waals surface area contributed by atoms with Crippen molar-refractivity contribution in [2.75, 3.05) is 13.1 Å². The van der Waals surface area contributed by atoms with Crippen LogP contribution in [0.1, 0.15) is 69.4 Å². The molecule has 3 aromatic rings. The summed E-state index contributed by atoms with van der Waals surface area (Å²) in [5, 5.41) is 34.2. The molecule has 11 heteroatoms. The summed E-state index contributed by atoms with van der Waals surface area (Å²) in [5.41, 5.74) is 3.25. The van der Waals surface area contributed by atoms with Gasteiger partial charge in [-0.3, -0.25) is 4.79 Å². The van der Waals surface area contributed by atoms with Gasteiger partial charge in [-0.2, -0.15) is 0 Å². The van der Waals surface area contributed by atoms with Gasteiger partial charge in [0.1, 0.15) is 17.7 Å². The van der Waals surface area contributed by atoms with Crippen LogP contribution in [0.2, 0.25) is 0 Å². The van der Waals surface area contributed by atoms with E-state index in [0.29, 0.717) is 19.3 Å². The number of ether oxygens (including phenoxy) is 2. The molecule has 11 nitrogen and oxygen atoms in total. The van der Waals surface area contributed by atoms with Crippen molar-refractivity contribution in [3.63, 3.8) is 0 Å². The number of aryl methyl sites for hydroxylation is 1. The molecule has 0 saturated heterocycles. The van der Waals surface area contributed by atoms with Gasteiger partial charge in [0, 0.05) is 13.1 Å². The summed E-state index contributed by atoms with van der Waals surface area (Å²) >= 11 is 0. The predicted molar refractivity (Wildman–Crippen MR) is 196 cm³/mol. The second kappa shape index (κ2) is 18.7. The number of alkyl carbamates (subject to hydrolysis) is 2. The SMILES string of the molecule is CC(C)[C@H](NC(=O)OC1CCc2ccccc21)C(=O)NC(Cc1ccccc1)C(O)CNCC(O)C(Cc1ccccc1)NC(=O)OC(C)(C)C. The molecule has 51 heavy (non-hydrogen) atoms. The summed E-state index contributed by atoms with van der Waals surface area (Å²) in [6, 6.07) is 24.5. The van der Waals surface area contributed by atoms with Gasteiger partial charge in [-0.25, -0.2) is 9.59 Å². The molecule has 0 fully saturated rings. The number of aliphatic hydroxyl groups excluding tert-OH is 2. The molecular weight excluding hydrogens is 648 g/mol. The van der Waals surface area contributed by atoms with E-state index in [1.165, 1.54) is 0 Å². The van der Waals surface area contributed by atoms with Crippen molar-refractivity contribution in [2.45, 2.75) is 102 Å². The van der Waals surface area contributed by atoms with Gasteiger partial charge >= 0.3 is 12.2 Å². The molecule has 0 aliphatic heterocycles. The molecule has 0 bridgehead atoms. The van der Waals surface area contributed by atoms with E-state index in [1.807, 2.05) is 98.8 Å². The van der Waals surface area contributed by atoms with E-state index in [1.54, 1.807) is 20.8 Å². The Labute approximate surface area is 301 Å². The monoisotopic (exact) mass is 702 g/mol. The van der Waals surface area contributed by atoms with E-state index in [-0.39, 0.29) is 25.1 Å². The highest BCUT2D eigenvalue weighted by atomic mass is 16.6. The van der Waals surface area contributed by atoms with Crippen LogP contribution in [0.5, 0.6) is 0 Å². The average molecular weight is 703 g/mol. The minimum absolute atomic E-state index is 0.0300. The summed E-state index contributed by atoms with van der Waals surface area (Å²) in [4.78, 5) is 39.4. The van der Waals surface area contributed by atoms with Crippen molar-refractivity contribution >= 4 is 18.1 Å². The van der Waals surface area contributed by atoms with Crippen LogP contribution in [0.4, 0.5) is 9.59 Å². The lowest BCUT2D eigenvalue weighted by atomic mass is 9.98. The van der Waals surface area contributed by atoms with Gasteiger partial charge in [-0.1, -0.05) is 98.8 Å². The number of benzene rings is 3. The Morgan fingerprint density at radius 3 is 1.82 bits per heavy atom. The molecule has 0 saturated carbocycles. The molecule has 1 aliphatic rings. The topological polar surface area (TPSA) is 158 Å². The Hall–Kier alpha value is -4.45. The number of carbonyl (C=O) groups is 3. The number of nitrogens with one attached hydrogen (secondary N) is 4. The molecule has 276 valence electrons. The lowest BCUT2D eigenvalue weighted by molar-refractivity contribution is -0.125. The maximum Gasteiger partial charge on any atom is 0.408 e. The number of hydrogen-bond acceptors (Lipinski definition) is 8. The molecule has 4 rings (SSSR count). The normalized spacial score (nSPS) is 17.0. The van der Waals surface area contributed by atoms with E-state index >= 15 is 0 Å².